The van der Waals surface area contributed by atoms with Gasteiger partial charge < -0.3 is 16.0 Å². The second-order valence-corrected chi connectivity index (χ2v) is 9.30. The number of rotatable bonds is 10. The van der Waals surface area contributed by atoms with E-state index in [2.05, 4.69) is 21.9 Å². The van der Waals surface area contributed by atoms with Crippen molar-refractivity contribution in [1.29, 1.82) is 5.26 Å². The molecule has 3 aromatic rings. The smallest absolute Gasteiger partial charge is 0.270 e. The Bertz CT molecular complexity index is 1560. The number of likely N-dealkylation sites (N-methyl/N-ethyl adjacent to an activating group) is 1. The number of hydrogen-bond donors (Lipinski definition) is 3. The molecule has 0 radical (unpaired) electrons. The largest absolute Gasteiger partial charge is 0.360 e. The summed E-state index contributed by atoms with van der Waals surface area (Å²) in [5, 5.41) is 17.9. The lowest BCUT2D eigenvalue weighted by Gasteiger charge is -2.16. The molecule has 1 heterocycles. The third kappa shape index (κ3) is 7.43. The minimum absolute atomic E-state index is 0.0253. The zero-order valence-electron chi connectivity index (χ0n) is 21.2. The van der Waals surface area contributed by atoms with Gasteiger partial charge >= 0.3 is 0 Å². The topological polar surface area (TPSA) is 119 Å². The fraction of sp³-hybridized carbons (Fsp3) is 0.214. The van der Waals surface area contributed by atoms with Gasteiger partial charge in [0.05, 0.1) is 13.1 Å². The van der Waals surface area contributed by atoms with Gasteiger partial charge in [-0.3, -0.25) is 23.9 Å². The number of nitriles is 1. The third-order valence-corrected chi connectivity index (χ3v) is 6.48. The van der Waals surface area contributed by atoms with Crippen LogP contribution in [0.25, 0.3) is 11.8 Å². The molecule has 2 aromatic carbocycles. The number of nitrogens with one attached hydrogen (secondary N) is 3. The summed E-state index contributed by atoms with van der Waals surface area (Å²) in [5.74, 6) is 1.50. The fourth-order valence-corrected chi connectivity index (χ4v) is 4.73. The number of nitrogens with zero attached hydrogens (tertiary/aromatic N) is 3. The van der Waals surface area contributed by atoms with E-state index >= 15 is 0 Å². The second kappa shape index (κ2) is 13.6. The van der Waals surface area contributed by atoms with E-state index in [9.17, 15) is 19.6 Å². The average molecular weight is 529 g/mol. The van der Waals surface area contributed by atoms with E-state index in [1.807, 2.05) is 48.3 Å². The molecule has 0 spiro atoms. The molecule has 0 unspecified atom stereocenters. The average Bonchev–Trinajstić information content (AvgIpc) is 3.21. The Labute approximate surface area is 224 Å². The van der Waals surface area contributed by atoms with E-state index in [0.717, 1.165) is 16.9 Å². The summed E-state index contributed by atoms with van der Waals surface area (Å²) in [7, 11) is 1.88. The number of carbonyl (C=O) groups is 2. The molecular formula is C28H28N6O3S. The molecule has 0 bridgehead atoms. The second-order valence-electron chi connectivity index (χ2n) is 8.27. The maximum atomic E-state index is 12.9. The van der Waals surface area contributed by atoms with Crippen LogP contribution in [0.5, 0.6) is 0 Å². The lowest BCUT2D eigenvalue weighted by Crippen LogP contribution is -2.34. The van der Waals surface area contributed by atoms with E-state index in [4.69, 9.17) is 6.42 Å². The molecule has 0 saturated carbocycles. The van der Waals surface area contributed by atoms with Gasteiger partial charge in [0.25, 0.3) is 11.5 Å². The fourth-order valence-electron chi connectivity index (χ4n) is 3.64. The molecule has 0 aliphatic rings. The molecule has 3 rings (SSSR count). The van der Waals surface area contributed by atoms with Crippen molar-refractivity contribution in [2.24, 2.45) is 0 Å². The number of benzene rings is 2. The van der Waals surface area contributed by atoms with E-state index in [1.165, 1.54) is 10.8 Å². The lowest BCUT2D eigenvalue weighted by atomic mass is 10.2. The van der Waals surface area contributed by atoms with Gasteiger partial charge in [0, 0.05) is 30.7 Å². The maximum absolute atomic E-state index is 12.9. The van der Waals surface area contributed by atoms with Crippen LogP contribution in [-0.2, 0) is 22.7 Å². The Balaban J connectivity index is 1.75. The molecule has 10 heteroatoms. The van der Waals surface area contributed by atoms with Gasteiger partial charge in [-0.05, 0) is 37.7 Å². The zero-order chi connectivity index (χ0) is 27.5. The van der Waals surface area contributed by atoms with Gasteiger partial charge in [-0.25, -0.2) is 0 Å². The van der Waals surface area contributed by atoms with Crippen LogP contribution in [0.1, 0.15) is 12.5 Å². The van der Waals surface area contributed by atoms with Gasteiger partial charge in [0.15, 0.2) is 5.57 Å². The molecule has 38 heavy (non-hydrogen) atoms. The van der Waals surface area contributed by atoms with Crippen molar-refractivity contribution in [3.05, 3.63) is 79.7 Å². The summed E-state index contributed by atoms with van der Waals surface area (Å²) in [4.78, 5) is 39.7. The maximum Gasteiger partial charge on any atom is 0.270 e. The first kappa shape index (κ1) is 27.9. The van der Waals surface area contributed by atoms with E-state index < -0.39 is 5.91 Å². The Morgan fingerprint density at radius 1 is 1.16 bits per heavy atom. The summed E-state index contributed by atoms with van der Waals surface area (Å²) < 4.78 is 1.94. The first-order valence-corrected chi connectivity index (χ1v) is 12.6. The number of anilines is 2. The Hall–Kier alpha value is -4.64. The Morgan fingerprint density at radius 2 is 1.89 bits per heavy atom. The third-order valence-electron chi connectivity index (χ3n) is 5.35. The van der Waals surface area contributed by atoms with Crippen molar-refractivity contribution >= 4 is 46.3 Å². The van der Waals surface area contributed by atoms with Crippen LogP contribution >= 0.6 is 11.3 Å². The van der Waals surface area contributed by atoms with Crippen molar-refractivity contribution in [3.63, 3.8) is 0 Å². The number of thiazole rings is 1. The van der Waals surface area contributed by atoms with Crippen LogP contribution in [0.2, 0.25) is 0 Å². The predicted molar refractivity (Wildman–Crippen MR) is 150 cm³/mol. The minimum atomic E-state index is -0.633. The highest BCUT2D eigenvalue weighted by atomic mass is 32.1. The molecule has 1 aromatic heterocycles. The van der Waals surface area contributed by atoms with Crippen molar-refractivity contribution in [2.45, 2.75) is 20.0 Å². The summed E-state index contributed by atoms with van der Waals surface area (Å²) in [6, 6.07) is 18.9. The van der Waals surface area contributed by atoms with Crippen molar-refractivity contribution < 1.29 is 9.59 Å². The highest BCUT2D eigenvalue weighted by Crippen LogP contribution is 2.15. The summed E-state index contributed by atoms with van der Waals surface area (Å²) in [6.45, 7) is 2.89. The zero-order valence-corrected chi connectivity index (χ0v) is 22.0. The molecule has 0 saturated heterocycles. The highest BCUT2D eigenvalue weighted by molar-refractivity contribution is 7.07. The van der Waals surface area contributed by atoms with Crippen LogP contribution in [0.4, 0.5) is 11.4 Å². The molecule has 3 N–H and O–H groups in total. The minimum Gasteiger partial charge on any atom is -0.360 e. The molecule has 194 valence electrons. The number of terminal acetylenes is 1. The number of aromatic nitrogens is 1. The van der Waals surface area contributed by atoms with Crippen molar-refractivity contribution in [1.82, 2.24) is 14.8 Å². The molecule has 9 nitrogen and oxygen atoms in total. The normalized spacial score (nSPS) is 11.9. The SMILES string of the molecule is C#CCNC(=O)C(C#N)=c1sc(=CNc2cccc(NC(=O)CN(C)Cc3ccccc3)c2)c(=O)n1CC. The first-order chi connectivity index (χ1) is 18.4. The van der Waals surface area contributed by atoms with Crippen molar-refractivity contribution in [2.75, 3.05) is 30.8 Å². The van der Waals surface area contributed by atoms with Crippen LogP contribution in [0.3, 0.4) is 0 Å². The van der Waals surface area contributed by atoms with Gasteiger partial charge in [-0.2, -0.15) is 5.26 Å². The molecular weight excluding hydrogens is 500 g/mol. The van der Waals surface area contributed by atoms with Crippen molar-refractivity contribution in [3.8, 4) is 18.4 Å². The van der Waals surface area contributed by atoms with Gasteiger partial charge in [-0.15, -0.1) is 17.8 Å². The van der Waals surface area contributed by atoms with Gasteiger partial charge in [0.2, 0.25) is 5.91 Å². The van der Waals surface area contributed by atoms with Gasteiger partial charge in [0.1, 0.15) is 15.3 Å². The highest BCUT2D eigenvalue weighted by Gasteiger charge is 2.14. The van der Waals surface area contributed by atoms with Gasteiger partial charge in [-0.1, -0.05) is 42.3 Å². The summed E-state index contributed by atoms with van der Waals surface area (Å²) >= 11 is 1.03. The first-order valence-electron chi connectivity index (χ1n) is 11.8. The summed E-state index contributed by atoms with van der Waals surface area (Å²) in [6.07, 6.45) is 6.69. The Kier molecular flexibility index (Phi) is 10.0. The monoisotopic (exact) mass is 528 g/mol. The summed E-state index contributed by atoms with van der Waals surface area (Å²) in [5.41, 5.74) is 1.86. The lowest BCUT2D eigenvalue weighted by molar-refractivity contribution is -0.117. The standard InChI is InChI=1S/C28H28N6O3S/c1-4-14-30-26(36)23(16-29)28-34(5-2)27(37)24(38-28)17-31-21-12-9-13-22(15-21)32-25(35)19-33(3)18-20-10-7-6-8-11-20/h1,6-13,15,17,31H,5,14,18-19H2,2-3H3,(H,30,36)(H,32,35). The number of hydrogen-bond acceptors (Lipinski definition) is 7. The number of amides is 2. The molecule has 0 aliphatic carbocycles. The van der Waals surface area contributed by atoms with Crippen LogP contribution in [0.15, 0.2) is 59.4 Å². The van der Waals surface area contributed by atoms with Crippen LogP contribution in [-0.4, -0.2) is 41.4 Å². The van der Waals surface area contributed by atoms with Crippen LogP contribution in [0, 0.1) is 23.7 Å². The molecule has 2 amide bonds. The quantitative estimate of drug-likeness (QED) is 0.341. The van der Waals surface area contributed by atoms with Crippen LogP contribution < -0.4 is 30.7 Å². The van der Waals surface area contributed by atoms with E-state index in [0.29, 0.717) is 22.5 Å². The predicted octanol–water partition coefficient (Wildman–Crippen LogP) is 1.27. The molecule has 0 fully saturated rings. The Morgan fingerprint density at radius 3 is 2.58 bits per heavy atom. The van der Waals surface area contributed by atoms with E-state index in [-0.39, 0.29) is 41.3 Å². The van der Waals surface area contributed by atoms with E-state index in [1.54, 1.807) is 31.2 Å². The molecule has 0 atom stereocenters. The molecule has 0 aliphatic heterocycles. The number of carbonyl (C=O) groups excluding carboxylic acids is 2.